The minimum Gasteiger partial charge on any atom is -0.507 e. The minimum absolute atomic E-state index is 0.167. The molecule has 0 atom stereocenters. The number of carbonyl (C=O) groups excluding carboxylic acids is 1. The summed E-state index contributed by atoms with van der Waals surface area (Å²) in [6, 6.07) is 1.91. The van der Waals surface area contributed by atoms with Crippen LogP contribution in [-0.4, -0.2) is 11.2 Å². The predicted octanol–water partition coefficient (Wildman–Crippen LogP) is 3.42. The molecule has 86 valence electrons. The lowest BCUT2D eigenvalue weighted by Gasteiger charge is -2.15. The van der Waals surface area contributed by atoms with Crippen molar-refractivity contribution in [1.29, 1.82) is 0 Å². The summed E-state index contributed by atoms with van der Waals surface area (Å²) in [6.45, 7) is 6.05. The number of isocyanates is 1. The standard InChI is InChI=1S/C12H14BrNO2/c1-7(2)9-4-11(13)8(3)10(12(9)16)5-14-6-15/h4,7,16H,5H2,1-3H3. The Morgan fingerprint density at radius 3 is 2.69 bits per heavy atom. The minimum atomic E-state index is 0.167. The normalized spacial score (nSPS) is 10.3. The highest BCUT2D eigenvalue weighted by Crippen LogP contribution is 2.36. The van der Waals surface area contributed by atoms with E-state index in [-0.39, 0.29) is 18.2 Å². The van der Waals surface area contributed by atoms with Crippen molar-refractivity contribution in [1.82, 2.24) is 0 Å². The number of hydrogen-bond donors (Lipinski definition) is 1. The zero-order chi connectivity index (χ0) is 12.3. The molecule has 0 bridgehead atoms. The monoisotopic (exact) mass is 283 g/mol. The Bertz CT molecular complexity index is 449. The maximum atomic E-state index is 10.1. The van der Waals surface area contributed by atoms with E-state index >= 15 is 0 Å². The number of halogens is 1. The van der Waals surface area contributed by atoms with Crippen molar-refractivity contribution < 1.29 is 9.90 Å². The molecule has 0 amide bonds. The van der Waals surface area contributed by atoms with Crippen LogP contribution in [0.1, 0.15) is 36.5 Å². The number of aliphatic imine (C=N–C) groups is 1. The number of phenolic OH excluding ortho intramolecular Hbond substituents is 1. The van der Waals surface area contributed by atoms with E-state index in [0.29, 0.717) is 5.56 Å². The van der Waals surface area contributed by atoms with Crippen LogP contribution in [0, 0.1) is 6.92 Å². The van der Waals surface area contributed by atoms with Gasteiger partial charge >= 0.3 is 0 Å². The van der Waals surface area contributed by atoms with E-state index in [9.17, 15) is 9.90 Å². The Hall–Kier alpha value is -1.12. The van der Waals surface area contributed by atoms with Gasteiger partial charge in [-0.05, 0) is 30.0 Å². The van der Waals surface area contributed by atoms with Crippen LogP contribution >= 0.6 is 15.9 Å². The van der Waals surface area contributed by atoms with Gasteiger partial charge in [0.2, 0.25) is 6.08 Å². The highest BCUT2D eigenvalue weighted by atomic mass is 79.9. The largest absolute Gasteiger partial charge is 0.507 e. The van der Waals surface area contributed by atoms with Gasteiger partial charge < -0.3 is 5.11 Å². The van der Waals surface area contributed by atoms with Crippen LogP contribution in [0.5, 0.6) is 5.75 Å². The molecular weight excluding hydrogens is 270 g/mol. The molecule has 4 heteroatoms. The van der Waals surface area contributed by atoms with E-state index in [1.54, 1.807) is 0 Å². The fourth-order valence-corrected chi connectivity index (χ4v) is 2.04. The molecule has 0 heterocycles. The molecule has 0 spiro atoms. The number of phenols is 1. The number of rotatable bonds is 3. The molecule has 16 heavy (non-hydrogen) atoms. The number of benzene rings is 1. The summed E-state index contributed by atoms with van der Waals surface area (Å²) in [6.07, 6.45) is 1.49. The quantitative estimate of drug-likeness (QED) is 0.683. The fraction of sp³-hybridized carbons (Fsp3) is 0.417. The molecule has 0 saturated carbocycles. The van der Waals surface area contributed by atoms with Gasteiger partial charge in [0, 0.05) is 10.0 Å². The van der Waals surface area contributed by atoms with E-state index in [1.165, 1.54) is 6.08 Å². The van der Waals surface area contributed by atoms with E-state index in [4.69, 9.17) is 0 Å². The Balaban J connectivity index is 3.38. The Kier molecular flexibility index (Phi) is 4.27. The molecule has 0 aliphatic carbocycles. The lowest BCUT2D eigenvalue weighted by molar-refractivity contribution is 0.457. The average molecular weight is 284 g/mol. The average Bonchev–Trinajstić information content (AvgIpc) is 2.23. The topological polar surface area (TPSA) is 49.7 Å². The van der Waals surface area contributed by atoms with E-state index in [1.807, 2.05) is 26.8 Å². The summed E-state index contributed by atoms with van der Waals surface area (Å²) < 4.78 is 0.921. The second-order valence-corrected chi connectivity index (χ2v) is 4.82. The van der Waals surface area contributed by atoms with Gasteiger partial charge in [0.05, 0.1) is 6.54 Å². The smallest absolute Gasteiger partial charge is 0.235 e. The van der Waals surface area contributed by atoms with Crippen LogP contribution in [0.3, 0.4) is 0 Å². The van der Waals surface area contributed by atoms with Crippen LogP contribution in [0.15, 0.2) is 15.5 Å². The summed E-state index contributed by atoms with van der Waals surface area (Å²) in [5.41, 5.74) is 2.44. The third-order valence-corrected chi connectivity index (χ3v) is 3.40. The summed E-state index contributed by atoms with van der Waals surface area (Å²) in [7, 11) is 0. The molecule has 1 aromatic carbocycles. The summed E-state index contributed by atoms with van der Waals surface area (Å²) in [4.78, 5) is 13.6. The molecule has 1 N–H and O–H groups in total. The second-order valence-electron chi connectivity index (χ2n) is 3.96. The van der Waals surface area contributed by atoms with Crippen molar-refractivity contribution >= 4 is 22.0 Å². The second kappa shape index (κ2) is 5.28. The van der Waals surface area contributed by atoms with Crippen LogP contribution in [-0.2, 0) is 11.3 Å². The molecule has 1 rings (SSSR count). The molecule has 3 nitrogen and oxygen atoms in total. The molecule has 0 radical (unpaired) electrons. The van der Waals surface area contributed by atoms with Gasteiger partial charge in [0.1, 0.15) is 5.75 Å². The molecular formula is C12H14BrNO2. The van der Waals surface area contributed by atoms with Crippen LogP contribution < -0.4 is 0 Å². The van der Waals surface area contributed by atoms with Crippen LogP contribution in [0.25, 0.3) is 0 Å². The van der Waals surface area contributed by atoms with Gasteiger partial charge in [-0.3, -0.25) is 0 Å². The van der Waals surface area contributed by atoms with Gasteiger partial charge in [-0.15, -0.1) is 0 Å². The molecule has 0 aliphatic rings. The van der Waals surface area contributed by atoms with Crippen molar-refractivity contribution in [2.75, 3.05) is 0 Å². The molecule has 1 aromatic rings. The summed E-state index contributed by atoms with van der Waals surface area (Å²) in [5, 5.41) is 10.1. The maximum Gasteiger partial charge on any atom is 0.235 e. The van der Waals surface area contributed by atoms with Crippen LogP contribution in [0.2, 0.25) is 0 Å². The van der Waals surface area contributed by atoms with Gasteiger partial charge in [-0.25, -0.2) is 9.79 Å². The molecule has 0 fully saturated rings. The van der Waals surface area contributed by atoms with Gasteiger partial charge in [0.15, 0.2) is 0 Å². The van der Waals surface area contributed by atoms with Crippen molar-refractivity contribution in [2.24, 2.45) is 4.99 Å². The Morgan fingerprint density at radius 2 is 2.19 bits per heavy atom. The zero-order valence-electron chi connectivity index (χ0n) is 9.54. The van der Waals surface area contributed by atoms with E-state index in [2.05, 4.69) is 20.9 Å². The SMILES string of the molecule is Cc1c(Br)cc(C(C)C)c(O)c1CN=C=O. The van der Waals surface area contributed by atoms with Crippen molar-refractivity contribution in [3.63, 3.8) is 0 Å². The Morgan fingerprint density at radius 1 is 1.56 bits per heavy atom. The van der Waals surface area contributed by atoms with E-state index in [0.717, 1.165) is 15.6 Å². The summed E-state index contributed by atoms with van der Waals surface area (Å²) in [5.74, 6) is 0.450. The zero-order valence-corrected chi connectivity index (χ0v) is 11.1. The predicted molar refractivity (Wildman–Crippen MR) is 66.5 cm³/mol. The van der Waals surface area contributed by atoms with E-state index < -0.39 is 0 Å². The van der Waals surface area contributed by atoms with Gasteiger partial charge in [-0.2, -0.15) is 0 Å². The number of hydrogen-bond acceptors (Lipinski definition) is 3. The third-order valence-electron chi connectivity index (χ3n) is 2.58. The molecule has 0 unspecified atom stereocenters. The van der Waals surface area contributed by atoms with Crippen molar-refractivity contribution in [3.8, 4) is 5.75 Å². The van der Waals surface area contributed by atoms with Crippen molar-refractivity contribution in [3.05, 3.63) is 27.2 Å². The van der Waals surface area contributed by atoms with Gasteiger partial charge in [0.25, 0.3) is 0 Å². The first-order valence-electron chi connectivity index (χ1n) is 5.03. The summed E-state index contributed by atoms with van der Waals surface area (Å²) >= 11 is 3.44. The first kappa shape index (κ1) is 12.9. The number of nitrogens with zero attached hydrogens (tertiary/aromatic N) is 1. The number of aromatic hydroxyl groups is 1. The highest BCUT2D eigenvalue weighted by molar-refractivity contribution is 9.10. The lowest BCUT2D eigenvalue weighted by Crippen LogP contribution is -1.97. The van der Waals surface area contributed by atoms with Gasteiger partial charge in [-0.1, -0.05) is 29.8 Å². The lowest BCUT2D eigenvalue weighted by atomic mass is 9.96. The molecule has 0 aromatic heterocycles. The van der Waals surface area contributed by atoms with Crippen LogP contribution in [0.4, 0.5) is 0 Å². The Labute approximate surface area is 103 Å². The third kappa shape index (κ3) is 2.52. The van der Waals surface area contributed by atoms with Crippen molar-refractivity contribution in [2.45, 2.75) is 33.2 Å². The maximum absolute atomic E-state index is 10.1. The molecule has 0 saturated heterocycles. The molecule has 0 aliphatic heterocycles. The fourth-order valence-electron chi connectivity index (χ4n) is 1.55. The first-order chi connectivity index (χ1) is 7.49. The highest BCUT2D eigenvalue weighted by Gasteiger charge is 2.15. The first-order valence-corrected chi connectivity index (χ1v) is 5.82.